The van der Waals surface area contributed by atoms with E-state index in [1.165, 1.54) is 11.5 Å². The molecule has 0 aliphatic carbocycles. The summed E-state index contributed by atoms with van der Waals surface area (Å²) in [4.78, 5) is 23.3. The van der Waals surface area contributed by atoms with Crippen LogP contribution in [-0.2, 0) is 6.42 Å². The molecule has 1 aromatic carbocycles. The van der Waals surface area contributed by atoms with Gasteiger partial charge in [-0.2, -0.15) is 0 Å². The van der Waals surface area contributed by atoms with Crippen molar-refractivity contribution in [3.05, 3.63) is 59.1 Å². The largest absolute Gasteiger partial charge is 0.361 e. The molecule has 2 aromatic heterocycles. The van der Waals surface area contributed by atoms with Gasteiger partial charge in [0.05, 0.1) is 0 Å². The highest BCUT2D eigenvalue weighted by atomic mass is 16.5. The molecule has 134 valence electrons. The first kappa shape index (κ1) is 17.4. The highest BCUT2D eigenvalue weighted by molar-refractivity contribution is 5.93. The summed E-state index contributed by atoms with van der Waals surface area (Å²) in [5.41, 5.74) is 3.53. The number of amides is 2. The second kappa shape index (κ2) is 7.62. The van der Waals surface area contributed by atoms with Crippen molar-refractivity contribution in [3.8, 4) is 11.3 Å². The summed E-state index contributed by atoms with van der Waals surface area (Å²) >= 11 is 0. The van der Waals surface area contributed by atoms with Gasteiger partial charge in [-0.25, -0.2) is 5.48 Å². The Balaban J connectivity index is 1.55. The smallest absolute Gasteiger partial charge is 0.296 e. The average Bonchev–Trinajstić information content (AvgIpc) is 3.31. The average molecular weight is 356 g/mol. The van der Waals surface area contributed by atoms with Gasteiger partial charge >= 0.3 is 0 Å². The summed E-state index contributed by atoms with van der Waals surface area (Å²) in [6.07, 6.45) is 0.320. The number of carbonyl (C=O) groups is 2. The third kappa shape index (κ3) is 3.95. The quantitative estimate of drug-likeness (QED) is 0.453. The highest BCUT2D eigenvalue weighted by Gasteiger charge is 2.15. The monoisotopic (exact) mass is 356 g/mol. The Bertz CT molecular complexity index is 913. The van der Waals surface area contributed by atoms with Gasteiger partial charge in [-0.1, -0.05) is 40.1 Å². The van der Waals surface area contributed by atoms with E-state index in [1.807, 2.05) is 31.2 Å². The molecule has 0 fully saturated rings. The first-order chi connectivity index (χ1) is 12.6. The first-order valence-electron chi connectivity index (χ1n) is 7.79. The van der Waals surface area contributed by atoms with Crippen LogP contribution in [0.3, 0.4) is 0 Å². The van der Waals surface area contributed by atoms with Crippen LogP contribution in [0.25, 0.3) is 11.3 Å². The molecule has 3 N–H and O–H groups in total. The van der Waals surface area contributed by atoms with Crippen LogP contribution in [0, 0.1) is 6.92 Å². The zero-order chi connectivity index (χ0) is 18.5. The van der Waals surface area contributed by atoms with Crippen molar-refractivity contribution < 1.29 is 23.8 Å². The molecule has 0 spiro atoms. The Morgan fingerprint density at radius 2 is 1.73 bits per heavy atom. The molecule has 0 bridgehead atoms. The molecule has 0 saturated carbocycles. The molecule has 9 nitrogen and oxygen atoms in total. The number of nitrogens with zero attached hydrogens (tertiary/aromatic N) is 2. The number of nitrogens with one attached hydrogen (secondary N) is 2. The Morgan fingerprint density at radius 1 is 1.04 bits per heavy atom. The number of benzene rings is 1. The standard InChI is InChI=1S/C17H16N4O5/c1-10-2-4-11(5-3-10)15-9-14(21-26-15)16(22)18-7-6-12-8-13(20-25-12)17(23)19-24/h2-5,8-9,24H,6-7H2,1H3,(H,18,22)(H,19,23). The normalized spacial score (nSPS) is 10.5. The molecule has 3 aromatic rings. The molecular weight excluding hydrogens is 340 g/mol. The maximum Gasteiger partial charge on any atom is 0.296 e. The van der Waals surface area contributed by atoms with Crippen LogP contribution in [0.4, 0.5) is 0 Å². The summed E-state index contributed by atoms with van der Waals surface area (Å²) in [6.45, 7) is 2.23. The molecule has 0 radical (unpaired) electrons. The first-order valence-corrected chi connectivity index (χ1v) is 7.79. The lowest BCUT2D eigenvalue weighted by Crippen LogP contribution is -2.25. The lowest BCUT2D eigenvalue weighted by molar-refractivity contribution is 0.0696. The van der Waals surface area contributed by atoms with Crippen molar-refractivity contribution in [2.75, 3.05) is 6.54 Å². The van der Waals surface area contributed by atoms with Gasteiger partial charge in [0.1, 0.15) is 5.76 Å². The van der Waals surface area contributed by atoms with E-state index in [0.717, 1.165) is 11.1 Å². The molecule has 3 rings (SSSR count). The predicted molar refractivity (Wildman–Crippen MR) is 88.5 cm³/mol. The molecule has 2 heterocycles. The molecule has 2 amide bonds. The zero-order valence-electron chi connectivity index (χ0n) is 13.9. The van der Waals surface area contributed by atoms with E-state index in [1.54, 1.807) is 6.07 Å². The number of carbonyl (C=O) groups excluding carboxylic acids is 2. The summed E-state index contributed by atoms with van der Waals surface area (Å²) in [5, 5.41) is 18.5. The molecule has 0 atom stereocenters. The summed E-state index contributed by atoms with van der Waals surface area (Å²) < 4.78 is 10.2. The molecule has 0 unspecified atom stereocenters. The third-order valence-electron chi connectivity index (χ3n) is 3.63. The van der Waals surface area contributed by atoms with E-state index in [-0.39, 0.29) is 23.8 Å². The van der Waals surface area contributed by atoms with E-state index < -0.39 is 5.91 Å². The minimum absolute atomic E-state index is 0.0481. The van der Waals surface area contributed by atoms with Crippen molar-refractivity contribution in [2.24, 2.45) is 0 Å². The number of hydrogen-bond acceptors (Lipinski definition) is 7. The van der Waals surface area contributed by atoms with Gasteiger partial charge in [-0.05, 0) is 6.92 Å². The number of aromatic nitrogens is 2. The van der Waals surface area contributed by atoms with Crippen LogP contribution in [-0.4, -0.2) is 33.9 Å². The molecule has 0 aliphatic rings. The second-order valence-electron chi connectivity index (χ2n) is 5.57. The summed E-state index contributed by atoms with van der Waals surface area (Å²) in [5.74, 6) is -0.260. The number of hydroxylamine groups is 1. The zero-order valence-corrected chi connectivity index (χ0v) is 13.9. The van der Waals surface area contributed by atoms with Crippen LogP contribution in [0.15, 0.2) is 45.4 Å². The van der Waals surface area contributed by atoms with E-state index >= 15 is 0 Å². The van der Waals surface area contributed by atoms with E-state index in [4.69, 9.17) is 14.3 Å². The van der Waals surface area contributed by atoms with Crippen molar-refractivity contribution in [1.29, 1.82) is 0 Å². The Morgan fingerprint density at radius 3 is 2.46 bits per heavy atom. The van der Waals surface area contributed by atoms with Crippen molar-refractivity contribution >= 4 is 11.8 Å². The van der Waals surface area contributed by atoms with Crippen molar-refractivity contribution in [3.63, 3.8) is 0 Å². The van der Waals surface area contributed by atoms with E-state index in [0.29, 0.717) is 17.9 Å². The minimum Gasteiger partial charge on any atom is -0.361 e. The van der Waals surface area contributed by atoms with Crippen LogP contribution in [0.1, 0.15) is 32.3 Å². The number of hydrogen-bond donors (Lipinski definition) is 3. The Labute approximate surface area is 147 Å². The van der Waals surface area contributed by atoms with Crippen molar-refractivity contribution in [1.82, 2.24) is 21.1 Å². The third-order valence-corrected chi connectivity index (χ3v) is 3.63. The summed E-state index contributed by atoms with van der Waals surface area (Å²) in [6, 6.07) is 10.6. The topological polar surface area (TPSA) is 130 Å². The van der Waals surface area contributed by atoms with Crippen LogP contribution in [0.2, 0.25) is 0 Å². The van der Waals surface area contributed by atoms with Crippen LogP contribution < -0.4 is 10.8 Å². The molecular formula is C17H16N4O5. The Kier molecular flexibility index (Phi) is 5.09. The van der Waals surface area contributed by atoms with Gasteiger partial charge in [0, 0.05) is 30.7 Å². The second-order valence-corrected chi connectivity index (χ2v) is 5.57. The van der Waals surface area contributed by atoms with Gasteiger partial charge in [0.2, 0.25) is 0 Å². The fourth-order valence-corrected chi connectivity index (χ4v) is 2.22. The predicted octanol–water partition coefficient (Wildman–Crippen LogP) is 1.73. The molecule has 0 aliphatic heterocycles. The van der Waals surface area contributed by atoms with E-state index in [2.05, 4.69) is 15.6 Å². The molecule has 26 heavy (non-hydrogen) atoms. The minimum atomic E-state index is -0.768. The van der Waals surface area contributed by atoms with Crippen molar-refractivity contribution in [2.45, 2.75) is 13.3 Å². The van der Waals surface area contributed by atoms with Gasteiger partial charge in [-0.15, -0.1) is 0 Å². The van der Waals surface area contributed by atoms with Gasteiger partial charge in [0.25, 0.3) is 11.8 Å². The molecule has 9 heteroatoms. The SMILES string of the molecule is Cc1ccc(-c2cc(C(=O)NCCc3cc(C(=O)NO)no3)no2)cc1. The number of rotatable bonds is 6. The van der Waals surface area contributed by atoms with Gasteiger partial charge < -0.3 is 14.4 Å². The maximum atomic E-state index is 12.1. The molecule has 0 saturated heterocycles. The summed E-state index contributed by atoms with van der Waals surface area (Å²) in [7, 11) is 0. The number of aryl methyl sites for hydroxylation is 1. The fraction of sp³-hybridized carbons (Fsp3) is 0.176. The maximum absolute atomic E-state index is 12.1. The lowest BCUT2D eigenvalue weighted by Gasteiger charge is -1.99. The lowest BCUT2D eigenvalue weighted by atomic mass is 10.1. The van der Waals surface area contributed by atoms with Gasteiger partial charge in [-0.3, -0.25) is 14.8 Å². The fourth-order valence-electron chi connectivity index (χ4n) is 2.22. The Hall–Kier alpha value is -3.46. The highest BCUT2D eigenvalue weighted by Crippen LogP contribution is 2.20. The van der Waals surface area contributed by atoms with Crippen LogP contribution in [0.5, 0.6) is 0 Å². The van der Waals surface area contributed by atoms with Crippen LogP contribution >= 0.6 is 0 Å². The van der Waals surface area contributed by atoms with E-state index in [9.17, 15) is 9.59 Å². The van der Waals surface area contributed by atoms with Gasteiger partial charge in [0.15, 0.2) is 17.1 Å².